The fraction of sp³-hybridized carbons (Fsp3) is 0.538. The number of benzene rings is 1. The molecule has 1 aromatic rings. The minimum Gasteiger partial charge on any atom is -0.493 e. The van der Waals surface area contributed by atoms with Crippen molar-refractivity contribution in [2.75, 3.05) is 27.4 Å². The van der Waals surface area contributed by atoms with Crippen molar-refractivity contribution < 1.29 is 27.4 Å². The predicted molar refractivity (Wildman–Crippen MR) is 68.0 cm³/mol. The quantitative estimate of drug-likeness (QED) is 0.785. The van der Waals surface area contributed by atoms with Gasteiger partial charge in [0, 0.05) is 0 Å². The van der Waals surface area contributed by atoms with E-state index in [0.717, 1.165) is 0 Å². The molecule has 0 heterocycles. The Hall–Kier alpha value is -1.47. The van der Waals surface area contributed by atoms with Gasteiger partial charge in [0.1, 0.15) is 0 Å². The molecule has 7 heteroatoms. The molecule has 0 fully saturated rings. The zero-order chi connectivity index (χ0) is 15.2. The van der Waals surface area contributed by atoms with Gasteiger partial charge >= 0.3 is 6.18 Å². The van der Waals surface area contributed by atoms with Gasteiger partial charge in [0.2, 0.25) is 0 Å². The highest BCUT2D eigenvalue weighted by atomic mass is 19.4. The third-order valence-electron chi connectivity index (χ3n) is 2.66. The molecular formula is C13H18F3NO3. The molecule has 0 aliphatic rings. The fourth-order valence-corrected chi connectivity index (χ4v) is 1.58. The first-order valence-electron chi connectivity index (χ1n) is 5.99. The summed E-state index contributed by atoms with van der Waals surface area (Å²) in [5.41, 5.74) is 6.56. The Morgan fingerprint density at radius 3 is 2.35 bits per heavy atom. The van der Waals surface area contributed by atoms with Gasteiger partial charge in [-0.25, -0.2) is 0 Å². The van der Waals surface area contributed by atoms with Crippen LogP contribution in [0.25, 0.3) is 0 Å². The topological polar surface area (TPSA) is 53.7 Å². The first-order valence-corrected chi connectivity index (χ1v) is 5.99. The van der Waals surface area contributed by atoms with Crippen molar-refractivity contribution in [3.8, 4) is 11.5 Å². The van der Waals surface area contributed by atoms with E-state index in [0.29, 0.717) is 17.1 Å². The molecule has 1 rings (SSSR count). The van der Waals surface area contributed by atoms with E-state index in [1.165, 1.54) is 14.2 Å². The number of rotatable bonds is 7. The van der Waals surface area contributed by atoms with Crippen molar-refractivity contribution in [1.82, 2.24) is 0 Å². The second-order valence-electron chi connectivity index (χ2n) is 4.16. The average Bonchev–Trinajstić information content (AvgIpc) is 2.41. The third-order valence-corrected chi connectivity index (χ3v) is 2.66. The lowest BCUT2D eigenvalue weighted by atomic mass is 10.1. The minimum absolute atomic E-state index is 0.00552. The molecule has 0 aliphatic heterocycles. The van der Waals surface area contributed by atoms with Crippen LogP contribution in [0.1, 0.15) is 18.0 Å². The molecule has 2 N–H and O–H groups in total. The lowest BCUT2D eigenvalue weighted by molar-refractivity contribution is -0.145. The van der Waals surface area contributed by atoms with E-state index in [9.17, 15) is 13.2 Å². The summed E-state index contributed by atoms with van der Waals surface area (Å²) in [5, 5.41) is 0. The first-order chi connectivity index (χ1) is 9.37. The van der Waals surface area contributed by atoms with E-state index in [4.69, 9.17) is 19.9 Å². The summed E-state index contributed by atoms with van der Waals surface area (Å²) in [4.78, 5) is 0. The molecule has 0 radical (unpaired) electrons. The average molecular weight is 293 g/mol. The van der Waals surface area contributed by atoms with Crippen LogP contribution in [0, 0.1) is 0 Å². The fourth-order valence-electron chi connectivity index (χ4n) is 1.58. The van der Waals surface area contributed by atoms with Crippen molar-refractivity contribution >= 4 is 0 Å². The van der Waals surface area contributed by atoms with Crippen LogP contribution in [0.3, 0.4) is 0 Å². The lowest BCUT2D eigenvalue weighted by Crippen LogP contribution is -2.19. The second kappa shape index (κ2) is 7.35. The molecule has 1 unspecified atom stereocenters. The summed E-state index contributed by atoms with van der Waals surface area (Å²) in [6, 6.07) is 4.56. The van der Waals surface area contributed by atoms with Crippen LogP contribution in [0.4, 0.5) is 13.2 Å². The van der Waals surface area contributed by atoms with E-state index in [-0.39, 0.29) is 6.61 Å². The number of hydrogen-bond donors (Lipinski definition) is 1. The first kappa shape index (κ1) is 16.6. The molecule has 4 nitrogen and oxygen atoms in total. The van der Waals surface area contributed by atoms with E-state index >= 15 is 0 Å². The summed E-state index contributed by atoms with van der Waals surface area (Å²) < 4.78 is 51.0. The summed E-state index contributed by atoms with van der Waals surface area (Å²) in [6.07, 6.45) is -5.20. The highest BCUT2D eigenvalue weighted by Gasteiger charge is 2.26. The monoisotopic (exact) mass is 293 g/mol. The van der Waals surface area contributed by atoms with Crippen LogP contribution < -0.4 is 15.2 Å². The Balaban J connectivity index is 2.53. The van der Waals surface area contributed by atoms with Crippen molar-refractivity contribution in [3.63, 3.8) is 0 Å². The molecule has 0 saturated heterocycles. The van der Waals surface area contributed by atoms with Gasteiger partial charge in [0.15, 0.2) is 11.5 Å². The van der Waals surface area contributed by atoms with Crippen LogP contribution in [-0.2, 0) is 4.74 Å². The van der Waals surface area contributed by atoms with Crippen molar-refractivity contribution in [3.05, 3.63) is 23.8 Å². The minimum atomic E-state index is -4.21. The highest BCUT2D eigenvalue weighted by Crippen LogP contribution is 2.29. The van der Waals surface area contributed by atoms with Crippen LogP contribution in [0.15, 0.2) is 18.2 Å². The van der Waals surface area contributed by atoms with Gasteiger partial charge in [-0.05, 0) is 17.7 Å². The maximum absolute atomic E-state index is 11.9. The third kappa shape index (κ3) is 5.26. The summed E-state index contributed by atoms with van der Waals surface area (Å²) in [5.74, 6) is 1.07. The van der Waals surface area contributed by atoms with Gasteiger partial charge in [-0.15, -0.1) is 0 Å². The number of methoxy groups -OCH3 is 2. The molecular weight excluding hydrogens is 275 g/mol. The number of halogens is 3. The lowest BCUT2D eigenvalue weighted by Gasteiger charge is -2.15. The van der Waals surface area contributed by atoms with Crippen molar-refractivity contribution in [1.29, 1.82) is 0 Å². The van der Waals surface area contributed by atoms with E-state index in [1.54, 1.807) is 18.2 Å². The second-order valence-corrected chi connectivity index (χ2v) is 4.16. The number of hydrogen-bond acceptors (Lipinski definition) is 4. The standard InChI is InChI=1S/C13H18F3NO3/c1-18-11-4-3-9(7-12(11)19-2)10(17)8-20-6-5-13(14,15)16/h3-4,7,10H,5-6,8,17H2,1-2H3. The van der Waals surface area contributed by atoms with E-state index in [2.05, 4.69) is 0 Å². The molecule has 0 aliphatic carbocycles. The molecule has 0 spiro atoms. The van der Waals surface area contributed by atoms with Gasteiger partial charge in [0.05, 0.1) is 39.9 Å². The summed E-state index contributed by atoms with van der Waals surface area (Å²) >= 11 is 0. The maximum atomic E-state index is 11.9. The Morgan fingerprint density at radius 1 is 1.15 bits per heavy atom. The van der Waals surface area contributed by atoms with Crippen LogP contribution in [0.5, 0.6) is 11.5 Å². The van der Waals surface area contributed by atoms with Gasteiger partial charge in [-0.3, -0.25) is 0 Å². The molecule has 0 bridgehead atoms. The number of alkyl halides is 3. The van der Waals surface area contributed by atoms with E-state index in [1.807, 2.05) is 0 Å². The van der Waals surface area contributed by atoms with Gasteiger partial charge < -0.3 is 19.9 Å². The molecule has 1 atom stereocenters. The Morgan fingerprint density at radius 2 is 1.80 bits per heavy atom. The Bertz CT molecular complexity index is 424. The SMILES string of the molecule is COc1ccc(C(N)COCCC(F)(F)F)cc1OC. The van der Waals surface area contributed by atoms with Crippen LogP contribution >= 0.6 is 0 Å². The molecule has 0 saturated carbocycles. The van der Waals surface area contributed by atoms with Gasteiger partial charge in [-0.2, -0.15) is 13.2 Å². The van der Waals surface area contributed by atoms with Gasteiger partial charge in [0.25, 0.3) is 0 Å². The van der Waals surface area contributed by atoms with Crippen molar-refractivity contribution in [2.24, 2.45) is 5.73 Å². The maximum Gasteiger partial charge on any atom is 0.391 e. The van der Waals surface area contributed by atoms with Gasteiger partial charge in [-0.1, -0.05) is 6.07 Å². The molecule has 1 aromatic carbocycles. The molecule has 0 aromatic heterocycles. The van der Waals surface area contributed by atoms with Crippen LogP contribution in [-0.4, -0.2) is 33.6 Å². The summed E-state index contributed by atoms with van der Waals surface area (Å²) in [6.45, 7) is -0.393. The van der Waals surface area contributed by atoms with E-state index < -0.39 is 25.2 Å². The highest BCUT2D eigenvalue weighted by molar-refractivity contribution is 5.43. The predicted octanol–water partition coefficient (Wildman–Crippen LogP) is 2.67. The van der Waals surface area contributed by atoms with Crippen molar-refractivity contribution in [2.45, 2.75) is 18.6 Å². The molecule has 20 heavy (non-hydrogen) atoms. The summed E-state index contributed by atoms with van der Waals surface area (Å²) in [7, 11) is 3.00. The molecule has 0 amide bonds. The zero-order valence-electron chi connectivity index (χ0n) is 11.4. The Kier molecular flexibility index (Phi) is 6.09. The smallest absolute Gasteiger partial charge is 0.391 e. The normalized spacial score (nSPS) is 13.1. The van der Waals surface area contributed by atoms with Crippen LogP contribution in [0.2, 0.25) is 0 Å². The zero-order valence-corrected chi connectivity index (χ0v) is 11.4. The largest absolute Gasteiger partial charge is 0.493 e. The number of nitrogens with two attached hydrogens (primary N) is 1. The molecule has 114 valence electrons. The number of ether oxygens (including phenoxy) is 3. The Labute approximate surface area is 115 Å².